The molecule has 0 unspecified atom stereocenters. The summed E-state index contributed by atoms with van der Waals surface area (Å²) in [6, 6.07) is 9.56. The summed E-state index contributed by atoms with van der Waals surface area (Å²) in [5, 5.41) is 7.35. The van der Waals surface area contributed by atoms with Crippen molar-refractivity contribution < 1.29 is 14.3 Å². The number of thiocarbonyl (C=S) groups is 1. The molecule has 0 saturated carbocycles. The SMILES string of the molecule is CCc1cc(C(=O)OC)c(NC(=S)NCc2ccccc2OC)s1. The minimum atomic E-state index is -0.374. The molecule has 0 aliphatic rings. The summed E-state index contributed by atoms with van der Waals surface area (Å²) in [5.74, 6) is 0.424. The summed E-state index contributed by atoms with van der Waals surface area (Å²) in [4.78, 5) is 13.0. The van der Waals surface area contributed by atoms with E-state index in [0.29, 0.717) is 22.2 Å². The number of esters is 1. The van der Waals surface area contributed by atoms with Crippen LogP contribution in [0.1, 0.15) is 27.7 Å². The lowest BCUT2D eigenvalue weighted by molar-refractivity contribution is 0.0602. The molecule has 2 N–H and O–H groups in total. The number of aryl methyl sites for hydroxylation is 1. The molecule has 0 amide bonds. The van der Waals surface area contributed by atoms with E-state index in [4.69, 9.17) is 21.7 Å². The average molecular weight is 364 g/mol. The summed E-state index contributed by atoms with van der Waals surface area (Å²) in [7, 11) is 3.00. The van der Waals surface area contributed by atoms with Gasteiger partial charge in [0.2, 0.25) is 0 Å². The Morgan fingerprint density at radius 2 is 2.04 bits per heavy atom. The van der Waals surface area contributed by atoms with Gasteiger partial charge in [-0.15, -0.1) is 11.3 Å². The zero-order valence-corrected chi connectivity index (χ0v) is 15.5. The van der Waals surface area contributed by atoms with Crippen LogP contribution in [-0.4, -0.2) is 25.3 Å². The Balaban J connectivity index is 2.04. The molecule has 0 spiro atoms. The van der Waals surface area contributed by atoms with E-state index in [1.807, 2.05) is 37.3 Å². The van der Waals surface area contributed by atoms with Crippen LogP contribution >= 0.6 is 23.6 Å². The number of nitrogens with one attached hydrogen (secondary N) is 2. The summed E-state index contributed by atoms with van der Waals surface area (Å²) >= 11 is 6.83. The molecule has 1 aromatic carbocycles. The van der Waals surface area contributed by atoms with Crippen LogP contribution in [0.4, 0.5) is 5.00 Å². The second-order valence-corrected chi connectivity index (χ2v) is 6.47. The highest BCUT2D eigenvalue weighted by molar-refractivity contribution is 7.80. The molecule has 0 aliphatic heterocycles. The Hall–Kier alpha value is -2.12. The van der Waals surface area contributed by atoms with Gasteiger partial charge in [-0.2, -0.15) is 0 Å². The van der Waals surface area contributed by atoms with Crippen LogP contribution in [0.2, 0.25) is 0 Å². The monoisotopic (exact) mass is 364 g/mol. The summed E-state index contributed by atoms with van der Waals surface area (Å²) in [5.41, 5.74) is 1.50. The number of carbonyl (C=O) groups excluding carboxylic acids is 1. The number of rotatable bonds is 6. The van der Waals surface area contributed by atoms with Gasteiger partial charge in [0.1, 0.15) is 10.8 Å². The second-order valence-electron chi connectivity index (χ2n) is 4.92. The van der Waals surface area contributed by atoms with Gasteiger partial charge >= 0.3 is 5.97 Å². The van der Waals surface area contributed by atoms with Crippen molar-refractivity contribution in [3.8, 4) is 5.75 Å². The molecule has 0 saturated heterocycles. The molecule has 0 radical (unpaired) electrons. The average Bonchev–Trinajstić information content (AvgIpc) is 3.02. The van der Waals surface area contributed by atoms with Crippen LogP contribution < -0.4 is 15.4 Å². The van der Waals surface area contributed by atoms with Crippen molar-refractivity contribution in [2.45, 2.75) is 19.9 Å². The maximum absolute atomic E-state index is 11.9. The highest BCUT2D eigenvalue weighted by Gasteiger charge is 2.17. The zero-order valence-electron chi connectivity index (χ0n) is 13.8. The number of carbonyl (C=O) groups is 1. The number of thiophene rings is 1. The predicted octanol–water partition coefficient (Wildman–Crippen LogP) is 3.59. The van der Waals surface area contributed by atoms with Crippen LogP contribution in [0.15, 0.2) is 30.3 Å². The van der Waals surface area contributed by atoms with E-state index in [1.165, 1.54) is 18.4 Å². The van der Waals surface area contributed by atoms with Gasteiger partial charge < -0.3 is 20.1 Å². The summed E-state index contributed by atoms with van der Waals surface area (Å²) in [6.07, 6.45) is 0.845. The van der Waals surface area contributed by atoms with Gasteiger partial charge in [0.25, 0.3) is 0 Å². The van der Waals surface area contributed by atoms with Crippen LogP contribution in [0.25, 0.3) is 0 Å². The van der Waals surface area contributed by atoms with Crippen molar-refractivity contribution in [3.63, 3.8) is 0 Å². The Morgan fingerprint density at radius 1 is 1.29 bits per heavy atom. The van der Waals surface area contributed by atoms with Gasteiger partial charge in [-0.05, 0) is 30.8 Å². The highest BCUT2D eigenvalue weighted by atomic mass is 32.1. The van der Waals surface area contributed by atoms with Crippen molar-refractivity contribution in [1.29, 1.82) is 0 Å². The predicted molar refractivity (Wildman–Crippen MR) is 101 cm³/mol. The molecule has 0 bridgehead atoms. The molecular formula is C17H20N2O3S2. The van der Waals surface area contributed by atoms with Gasteiger partial charge in [-0.3, -0.25) is 0 Å². The van der Waals surface area contributed by atoms with E-state index in [1.54, 1.807) is 7.11 Å². The van der Waals surface area contributed by atoms with E-state index < -0.39 is 0 Å². The quantitative estimate of drug-likeness (QED) is 0.603. The molecule has 2 aromatic rings. The first-order valence-corrected chi connectivity index (χ1v) is 8.69. The van der Waals surface area contributed by atoms with E-state index in [-0.39, 0.29) is 5.97 Å². The number of benzene rings is 1. The van der Waals surface area contributed by atoms with E-state index in [2.05, 4.69) is 10.6 Å². The largest absolute Gasteiger partial charge is 0.496 e. The first-order valence-electron chi connectivity index (χ1n) is 7.46. The number of hydrogen-bond acceptors (Lipinski definition) is 5. The molecule has 0 fully saturated rings. The van der Waals surface area contributed by atoms with Crippen LogP contribution in [0, 0.1) is 0 Å². The Bertz CT molecular complexity index is 728. The van der Waals surface area contributed by atoms with Crippen LogP contribution in [0.3, 0.4) is 0 Å². The molecule has 5 nitrogen and oxygen atoms in total. The first-order chi connectivity index (χ1) is 11.6. The lowest BCUT2D eigenvalue weighted by atomic mass is 10.2. The molecular weight excluding hydrogens is 344 g/mol. The fourth-order valence-electron chi connectivity index (χ4n) is 2.14. The molecule has 1 aromatic heterocycles. The maximum Gasteiger partial charge on any atom is 0.340 e. The van der Waals surface area contributed by atoms with Gasteiger partial charge in [0.05, 0.1) is 19.8 Å². The fraction of sp³-hybridized carbons (Fsp3) is 0.294. The number of anilines is 1. The zero-order chi connectivity index (χ0) is 17.5. The molecule has 7 heteroatoms. The van der Waals surface area contributed by atoms with Gasteiger partial charge in [-0.1, -0.05) is 25.1 Å². The molecule has 24 heavy (non-hydrogen) atoms. The lowest BCUT2D eigenvalue weighted by Crippen LogP contribution is -2.28. The molecule has 0 aliphatic carbocycles. The summed E-state index contributed by atoms with van der Waals surface area (Å²) in [6.45, 7) is 2.56. The third-order valence-electron chi connectivity index (χ3n) is 3.40. The molecule has 1 heterocycles. The van der Waals surface area contributed by atoms with Crippen molar-refractivity contribution in [3.05, 3.63) is 46.3 Å². The van der Waals surface area contributed by atoms with Crippen molar-refractivity contribution >= 4 is 39.6 Å². The number of para-hydroxylation sites is 1. The second kappa shape index (κ2) is 8.65. The Labute approximate surface area is 151 Å². The smallest absolute Gasteiger partial charge is 0.340 e. The number of hydrogen-bond donors (Lipinski definition) is 2. The minimum Gasteiger partial charge on any atom is -0.496 e. The van der Waals surface area contributed by atoms with Crippen molar-refractivity contribution in [1.82, 2.24) is 5.32 Å². The van der Waals surface area contributed by atoms with Gasteiger partial charge in [0, 0.05) is 17.0 Å². The highest BCUT2D eigenvalue weighted by Crippen LogP contribution is 2.29. The standard InChI is InChI=1S/C17H20N2O3S2/c1-4-12-9-13(16(20)22-3)15(24-12)19-17(23)18-10-11-7-5-6-8-14(11)21-2/h5-9H,4,10H2,1-3H3,(H2,18,19,23). The number of methoxy groups -OCH3 is 2. The van der Waals surface area contributed by atoms with Crippen LogP contribution in [-0.2, 0) is 17.7 Å². The Kier molecular flexibility index (Phi) is 6.57. The molecule has 0 atom stereocenters. The van der Waals surface area contributed by atoms with Gasteiger partial charge in [0.15, 0.2) is 5.11 Å². The third-order valence-corrected chi connectivity index (χ3v) is 4.84. The molecule has 2 rings (SSSR count). The van der Waals surface area contributed by atoms with Gasteiger partial charge in [-0.25, -0.2) is 4.79 Å². The fourth-order valence-corrected chi connectivity index (χ4v) is 3.37. The van der Waals surface area contributed by atoms with E-state index in [9.17, 15) is 4.79 Å². The number of ether oxygens (including phenoxy) is 2. The minimum absolute atomic E-state index is 0.374. The van der Waals surface area contributed by atoms with E-state index >= 15 is 0 Å². The third kappa shape index (κ3) is 4.46. The van der Waals surface area contributed by atoms with E-state index in [0.717, 1.165) is 22.6 Å². The topological polar surface area (TPSA) is 59.6 Å². The molecule has 128 valence electrons. The Morgan fingerprint density at radius 3 is 2.71 bits per heavy atom. The normalized spacial score (nSPS) is 10.1. The van der Waals surface area contributed by atoms with Crippen LogP contribution in [0.5, 0.6) is 5.75 Å². The first kappa shape index (κ1) is 18.2. The summed E-state index contributed by atoms with van der Waals surface area (Å²) < 4.78 is 10.1. The maximum atomic E-state index is 11.9. The lowest BCUT2D eigenvalue weighted by Gasteiger charge is -2.12. The van der Waals surface area contributed by atoms with Crippen molar-refractivity contribution in [2.24, 2.45) is 0 Å². The van der Waals surface area contributed by atoms with Crippen molar-refractivity contribution in [2.75, 3.05) is 19.5 Å².